The molecule has 1 aromatic rings. The van der Waals surface area contributed by atoms with E-state index in [1.807, 2.05) is 29.2 Å². The fourth-order valence-corrected chi connectivity index (χ4v) is 4.04. The molecule has 29 heavy (non-hydrogen) atoms. The molecule has 0 radical (unpaired) electrons. The quantitative estimate of drug-likeness (QED) is 0.715. The van der Waals surface area contributed by atoms with Crippen molar-refractivity contribution in [2.45, 2.75) is 32.2 Å². The molecule has 1 aromatic carbocycles. The van der Waals surface area contributed by atoms with Gasteiger partial charge in [0.05, 0.1) is 26.9 Å². The van der Waals surface area contributed by atoms with Gasteiger partial charge in [-0.05, 0) is 49.4 Å². The number of carbonyl (C=O) groups is 2. The van der Waals surface area contributed by atoms with Crippen LogP contribution < -0.4 is 10.1 Å². The minimum Gasteiger partial charge on any atom is -0.497 e. The molecular formula is C22H33N3O4. The molecule has 2 saturated heterocycles. The van der Waals surface area contributed by atoms with Gasteiger partial charge < -0.3 is 19.7 Å². The minimum absolute atomic E-state index is 0.0781. The number of amides is 2. The Morgan fingerprint density at radius 3 is 2.86 bits per heavy atom. The number of piperidine rings is 1. The van der Waals surface area contributed by atoms with E-state index in [0.717, 1.165) is 43.7 Å². The summed E-state index contributed by atoms with van der Waals surface area (Å²) < 4.78 is 10.5. The number of benzene rings is 1. The lowest BCUT2D eigenvalue weighted by molar-refractivity contribution is -0.137. The molecule has 2 fully saturated rings. The van der Waals surface area contributed by atoms with Crippen LogP contribution in [0.5, 0.6) is 5.75 Å². The average Bonchev–Trinajstić information content (AvgIpc) is 2.77. The van der Waals surface area contributed by atoms with Crippen LogP contribution in [0.4, 0.5) is 0 Å². The first-order valence-electron chi connectivity index (χ1n) is 10.6. The summed E-state index contributed by atoms with van der Waals surface area (Å²) in [6.45, 7) is 5.54. The number of methoxy groups -OCH3 is 1. The van der Waals surface area contributed by atoms with Crippen molar-refractivity contribution in [3.05, 3.63) is 29.8 Å². The van der Waals surface area contributed by atoms with E-state index in [4.69, 9.17) is 9.47 Å². The van der Waals surface area contributed by atoms with Crippen molar-refractivity contribution < 1.29 is 19.1 Å². The zero-order valence-electron chi connectivity index (χ0n) is 17.4. The van der Waals surface area contributed by atoms with Gasteiger partial charge in [-0.2, -0.15) is 0 Å². The standard InChI is InChI=1S/C22H33N3O4/c1-28-20-6-2-4-19(14-20)15-23-21(26)8-7-18-5-3-9-24(16-18)17-22(27)25-10-12-29-13-11-25/h2,4,6,14,18H,3,5,7-13,15-17H2,1H3,(H,23,26)/t18-/m1/s1. The van der Waals surface area contributed by atoms with Crippen LogP contribution in [-0.2, 0) is 20.9 Å². The van der Waals surface area contributed by atoms with E-state index in [0.29, 0.717) is 51.7 Å². The Balaban J connectivity index is 1.36. The van der Waals surface area contributed by atoms with Crippen LogP contribution in [0.1, 0.15) is 31.2 Å². The molecule has 2 amide bonds. The van der Waals surface area contributed by atoms with Crippen molar-refractivity contribution in [3.63, 3.8) is 0 Å². The second-order valence-corrected chi connectivity index (χ2v) is 7.90. The topological polar surface area (TPSA) is 71.1 Å². The van der Waals surface area contributed by atoms with Gasteiger partial charge in [0.25, 0.3) is 0 Å². The van der Waals surface area contributed by atoms with Crippen molar-refractivity contribution in [1.82, 2.24) is 15.1 Å². The Bertz CT molecular complexity index is 676. The van der Waals surface area contributed by atoms with Crippen LogP contribution in [0.3, 0.4) is 0 Å². The molecule has 1 N–H and O–H groups in total. The third kappa shape index (κ3) is 7.01. The molecule has 2 aliphatic rings. The fourth-order valence-electron chi connectivity index (χ4n) is 4.04. The van der Waals surface area contributed by atoms with Crippen LogP contribution in [0, 0.1) is 5.92 Å². The van der Waals surface area contributed by atoms with Gasteiger partial charge in [-0.3, -0.25) is 14.5 Å². The molecule has 7 nitrogen and oxygen atoms in total. The summed E-state index contributed by atoms with van der Waals surface area (Å²) >= 11 is 0. The highest BCUT2D eigenvalue weighted by molar-refractivity contribution is 5.78. The van der Waals surface area contributed by atoms with Crippen LogP contribution in [-0.4, -0.2) is 74.7 Å². The monoisotopic (exact) mass is 403 g/mol. The summed E-state index contributed by atoms with van der Waals surface area (Å²) in [6, 6.07) is 7.73. The highest BCUT2D eigenvalue weighted by Crippen LogP contribution is 2.21. The summed E-state index contributed by atoms with van der Waals surface area (Å²) in [5.74, 6) is 1.55. The molecule has 160 valence electrons. The lowest BCUT2D eigenvalue weighted by atomic mass is 9.93. The second-order valence-electron chi connectivity index (χ2n) is 7.90. The van der Waals surface area contributed by atoms with Crippen molar-refractivity contribution in [3.8, 4) is 5.75 Å². The molecule has 7 heteroatoms. The number of nitrogens with one attached hydrogen (secondary N) is 1. The van der Waals surface area contributed by atoms with Gasteiger partial charge in [-0.15, -0.1) is 0 Å². The molecular weight excluding hydrogens is 370 g/mol. The van der Waals surface area contributed by atoms with Gasteiger partial charge in [0.2, 0.25) is 11.8 Å². The minimum atomic E-state index is 0.0781. The highest BCUT2D eigenvalue weighted by atomic mass is 16.5. The van der Waals surface area contributed by atoms with Gasteiger partial charge in [-0.25, -0.2) is 0 Å². The number of hydrogen-bond acceptors (Lipinski definition) is 5. The van der Waals surface area contributed by atoms with E-state index in [9.17, 15) is 9.59 Å². The molecule has 2 aliphatic heterocycles. The Morgan fingerprint density at radius 1 is 1.24 bits per heavy atom. The number of nitrogens with zero attached hydrogens (tertiary/aromatic N) is 2. The molecule has 2 heterocycles. The Morgan fingerprint density at radius 2 is 2.07 bits per heavy atom. The predicted molar refractivity (Wildman–Crippen MR) is 111 cm³/mol. The number of ether oxygens (including phenoxy) is 2. The lowest BCUT2D eigenvalue weighted by Gasteiger charge is -2.34. The average molecular weight is 404 g/mol. The predicted octanol–water partition coefficient (Wildman–Crippen LogP) is 1.66. The number of morpholine rings is 1. The fraction of sp³-hybridized carbons (Fsp3) is 0.636. The molecule has 0 saturated carbocycles. The Hall–Kier alpha value is -2.12. The third-order valence-electron chi connectivity index (χ3n) is 5.73. The molecule has 3 rings (SSSR count). The first-order valence-corrected chi connectivity index (χ1v) is 10.6. The summed E-state index contributed by atoms with van der Waals surface area (Å²) in [4.78, 5) is 28.9. The molecule has 1 atom stereocenters. The number of hydrogen-bond donors (Lipinski definition) is 1. The maximum absolute atomic E-state index is 12.5. The van der Waals surface area contributed by atoms with Crippen molar-refractivity contribution in [2.24, 2.45) is 5.92 Å². The number of likely N-dealkylation sites (tertiary alicyclic amines) is 1. The zero-order valence-corrected chi connectivity index (χ0v) is 17.4. The van der Waals surface area contributed by atoms with E-state index in [1.165, 1.54) is 0 Å². The number of carbonyl (C=O) groups excluding carboxylic acids is 2. The van der Waals surface area contributed by atoms with Crippen LogP contribution >= 0.6 is 0 Å². The smallest absolute Gasteiger partial charge is 0.236 e. The maximum atomic E-state index is 12.5. The molecule has 0 aliphatic carbocycles. The van der Waals surface area contributed by atoms with E-state index in [-0.39, 0.29) is 11.8 Å². The molecule has 0 unspecified atom stereocenters. The summed E-state index contributed by atoms with van der Waals surface area (Å²) in [5.41, 5.74) is 1.03. The lowest BCUT2D eigenvalue weighted by Crippen LogP contribution is -2.47. The van der Waals surface area contributed by atoms with Crippen LogP contribution in [0.2, 0.25) is 0 Å². The Kier molecular flexibility index (Phi) is 8.31. The van der Waals surface area contributed by atoms with Gasteiger partial charge in [-0.1, -0.05) is 12.1 Å². The summed E-state index contributed by atoms with van der Waals surface area (Å²) in [6.07, 6.45) is 3.62. The van der Waals surface area contributed by atoms with Crippen LogP contribution in [0.15, 0.2) is 24.3 Å². The SMILES string of the molecule is COc1cccc(CNC(=O)CC[C@H]2CCCN(CC(=O)N3CCOCC3)C2)c1. The van der Waals surface area contributed by atoms with Gasteiger partial charge in [0.15, 0.2) is 0 Å². The zero-order chi connectivity index (χ0) is 20.5. The van der Waals surface area contributed by atoms with Crippen LogP contribution in [0.25, 0.3) is 0 Å². The largest absolute Gasteiger partial charge is 0.497 e. The second kappa shape index (κ2) is 11.2. The first-order chi connectivity index (χ1) is 14.1. The molecule has 0 aromatic heterocycles. The van der Waals surface area contributed by atoms with Crippen molar-refractivity contribution in [2.75, 3.05) is 53.0 Å². The van der Waals surface area contributed by atoms with Crippen molar-refractivity contribution >= 4 is 11.8 Å². The summed E-state index contributed by atoms with van der Waals surface area (Å²) in [5, 5.41) is 3.00. The van der Waals surface area contributed by atoms with E-state index < -0.39 is 0 Å². The van der Waals surface area contributed by atoms with E-state index in [2.05, 4.69) is 10.2 Å². The summed E-state index contributed by atoms with van der Waals surface area (Å²) in [7, 11) is 1.64. The Labute approximate surface area is 173 Å². The van der Waals surface area contributed by atoms with Gasteiger partial charge in [0.1, 0.15) is 5.75 Å². The maximum Gasteiger partial charge on any atom is 0.236 e. The number of rotatable bonds is 8. The van der Waals surface area contributed by atoms with Crippen molar-refractivity contribution in [1.29, 1.82) is 0 Å². The van der Waals surface area contributed by atoms with Gasteiger partial charge >= 0.3 is 0 Å². The normalized spacial score (nSPS) is 20.3. The molecule has 0 bridgehead atoms. The molecule has 0 spiro atoms. The van der Waals surface area contributed by atoms with Gasteiger partial charge in [0, 0.05) is 32.6 Å². The first kappa shape index (κ1) is 21.6. The van der Waals surface area contributed by atoms with E-state index in [1.54, 1.807) is 7.11 Å². The highest BCUT2D eigenvalue weighted by Gasteiger charge is 2.24. The third-order valence-corrected chi connectivity index (χ3v) is 5.73. The van der Waals surface area contributed by atoms with E-state index >= 15 is 0 Å².